The molecule has 2 rings (SSSR count). The first kappa shape index (κ1) is 26.1. The Morgan fingerprint density at radius 1 is 1.00 bits per heavy atom. The summed E-state index contributed by atoms with van der Waals surface area (Å²) in [6, 6.07) is 11.9. The van der Waals surface area contributed by atoms with E-state index in [4.69, 9.17) is 10.5 Å². The molecule has 11 heteroatoms. The van der Waals surface area contributed by atoms with E-state index in [9.17, 15) is 21.2 Å². The molecule has 0 saturated carbocycles. The molecule has 0 radical (unpaired) electrons. The molecule has 0 amide bonds. The van der Waals surface area contributed by atoms with Gasteiger partial charge in [-0.15, -0.1) is 12.4 Å². The van der Waals surface area contributed by atoms with Crippen LogP contribution in [0.5, 0.6) is 5.75 Å². The average molecular weight is 479 g/mol. The molecule has 0 unspecified atom stereocenters. The Balaban J connectivity index is 0.00000450. The van der Waals surface area contributed by atoms with Crippen LogP contribution in [0.3, 0.4) is 0 Å². The molecule has 30 heavy (non-hydrogen) atoms. The van der Waals surface area contributed by atoms with E-state index in [2.05, 4.69) is 0 Å². The van der Waals surface area contributed by atoms with Crippen LogP contribution in [-0.2, 0) is 26.5 Å². The second kappa shape index (κ2) is 10.9. The fourth-order valence-corrected chi connectivity index (χ4v) is 4.43. The van der Waals surface area contributed by atoms with Crippen molar-refractivity contribution in [1.29, 1.82) is 0 Å². The maximum atomic E-state index is 13.5. The van der Waals surface area contributed by atoms with E-state index in [0.717, 1.165) is 15.9 Å². The Morgan fingerprint density at radius 3 is 2.03 bits per heavy atom. The summed E-state index contributed by atoms with van der Waals surface area (Å²) < 4.78 is 68.6. The fraction of sp³-hybridized carbons (Fsp3) is 0.263. The molecule has 0 aliphatic rings. The number of hydrogen-bond donors (Lipinski definition) is 1. The zero-order valence-corrected chi connectivity index (χ0v) is 18.9. The Morgan fingerprint density at radius 2 is 1.53 bits per heavy atom. The summed E-state index contributed by atoms with van der Waals surface area (Å²) in [4.78, 5) is 0.153. The lowest BCUT2D eigenvalue weighted by molar-refractivity contribution is 0.306. The first-order chi connectivity index (χ1) is 13.6. The van der Waals surface area contributed by atoms with Crippen LogP contribution in [0.1, 0.15) is 5.56 Å². The molecule has 0 saturated heterocycles. The van der Waals surface area contributed by atoms with Gasteiger partial charge in [-0.25, -0.2) is 25.5 Å². The molecule has 7 nitrogen and oxygen atoms in total. The number of hydrogen-bond acceptors (Lipinski definition) is 6. The van der Waals surface area contributed by atoms with Gasteiger partial charge in [-0.2, -0.15) is 0 Å². The third-order valence-electron chi connectivity index (χ3n) is 3.96. The van der Waals surface area contributed by atoms with Crippen LogP contribution in [0.2, 0.25) is 0 Å². The zero-order valence-electron chi connectivity index (χ0n) is 16.5. The van der Waals surface area contributed by atoms with Gasteiger partial charge < -0.3 is 10.5 Å². The quantitative estimate of drug-likeness (QED) is 0.593. The van der Waals surface area contributed by atoms with Gasteiger partial charge in [0.05, 0.1) is 9.79 Å². The Kier molecular flexibility index (Phi) is 9.44. The first-order valence-corrected chi connectivity index (χ1v) is 11.7. The van der Waals surface area contributed by atoms with Crippen molar-refractivity contribution in [2.24, 2.45) is 5.73 Å². The van der Waals surface area contributed by atoms with E-state index in [1.54, 1.807) is 12.1 Å². The van der Waals surface area contributed by atoms with E-state index in [-0.39, 0.29) is 35.3 Å². The van der Waals surface area contributed by atoms with Gasteiger partial charge in [0.25, 0.3) is 0 Å². The zero-order chi connectivity index (χ0) is 21.7. The summed E-state index contributed by atoms with van der Waals surface area (Å²) in [5.41, 5.74) is 5.91. The minimum absolute atomic E-state index is 0. The predicted octanol–water partition coefficient (Wildman–Crippen LogP) is 2.52. The third kappa shape index (κ3) is 6.78. The second-order valence-corrected chi connectivity index (χ2v) is 10.5. The van der Waals surface area contributed by atoms with Crippen molar-refractivity contribution in [3.63, 3.8) is 0 Å². The van der Waals surface area contributed by atoms with Crippen molar-refractivity contribution in [2.45, 2.75) is 16.4 Å². The number of halogens is 2. The Labute approximate surface area is 182 Å². The minimum atomic E-state index is -3.81. The van der Waals surface area contributed by atoms with Gasteiger partial charge >= 0.3 is 0 Å². The lowest BCUT2D eigenvalue weighted by atomic mass is 10.2. The molecule has 0 aromatic heterocycles. The molecular weight excluding hydrogens is 455 g/mol. The first-order valence-electron chi connectivity index (χ1n) is 8.58. The van der Waals surface area contributed by atoms with Crippen LogP contribution in [0.4, 0.5) is 4.39 Å². The third-order valence-corrected chi connectivity index (χ3v) is 7.43. The van der Waals surface area contributed by atoms with Crippen LogP contribution < -0.4 is 10.5 Å². The van der Waals surface area contributed by atoms with E-state index in [0.29, 0.717) is 5.75 Å². The van der Waals surface area contributed by atoms with Gasteiger partial charge in [0.15, 0.2) is 9.84 Å². The van der Waals surface area contributed by atoms with Crippen LogP contribution in [0.15, 0.2) is 70.2 Å². The summed E-state index contributed by atoms with van der Waals surface area (Å²) in [6.45, 7) is 0.0957. The van der Waals surface area contributed by atoms with Gasteiger partial charge in [0.2, 0.25) is 10.0 Å². The number of ether oxygens (including phenoxy) is 1. The van der Waals surface area contributed by atoms with E-state index in [1.165, 1.54) is 50.5 Å². The van der Waals surface area contributed by atoms with Gasteiger partial charge in [0.1, 0.15) is 23.9 Å². The van der Waals surface area contributed by atoms with Crippen molar-refractivity contribution in [1.82, 2.24) is 4.31 Å². The van der Waals surface area contributed by atoms with Crippen LogP contribution in [-0.4, -0.2) is 47.5 Å². The lowest BCUT2D eigenvalue weighted by Gasteiger charge is -2.12. The number of nitrogens with zero attached hydrogens (tertiary/aromatic N) is 1. The standard InChI is InChI=1S/C19H23FN2O5S2.ClH/c1-22(2)29(25,26)19-7-3-15(4-8-19)13-27-17-5-9-18(10-6-17)28(23,24)14-16(20)11-12-21;/h3-11H,12-14,21H2,1-2H3;1H. The summed E-state index contributed by atoms with van der Waals surface area (Å²) in [5.74, 6) is -1.12. The number of benzene rings is 2. The van der Waals surface area contributed by atoms with Crippen molar-refractivity contribution in [3.8, 4) is 5.75 Å². The molecular formula is C19H24ClFN2O5S2. The maximum Gasteiger partial charge on any atom is 0.242 e. The van der Waals surface area contributed by atoms with Crippen LogP contribution in [0.25, 0.3) is 0 Å². The maximum absolute atomic E-state index is 13.5. The highest BCUT2D eigenvalue weighted by molar-refractivity contribution is 7.91. The highest BCUT2D eigenvalue weighted by atomic mass is 35.5. The van der Waals surface area contributed by atoms with Crippen LogP contribution in [0, 0.1) is 0 Å². The number of rotatable bonds is 9. The molecule has 2 aromatic carbocycles. The van der Waals surface area contributed by atoms with Crippen molar-refractivity contribution in [2.75, 3.05) is 26.4 Å². The fourth-order valence-electron chi connectivity index (χ4n) is 2.33. The molecule has 2 aromatic rings. The van der Waals surface area contributed by atoms with Gasteiger partial charge in [-0.05, 0) is 48.0 Å². The normalized spacial score (nSPS) is 12.5. The smallest absolute Gasteiger partial charge is 0.242 e. The van der Waals surface area contributed by atoms with E-state index < -0.39 is 31.4 Å². The summed E-state index contributed by atoms with van der Waals surface area (Å²) in [5, 5.41) is 0. The summed E-state index contributed by atoms with van der Waals surface area (Å²) in [7, 11) is -4.39. The minimum Gasteiger partial charge on any atom is -0.489 e. The molecule has 0 bridgehead atoms. The highest BCUT2D eigenvalue weighted by Gasteiger charge is 2.18. The topological polar surface area (TPSA) is 107 Å². The van der Waals surface area contributed by atoms with Gasteiger partial charge in [0, 0.05) is 20.6 Å². The molecule has 0 atom stereocenters. The molecule has 2 N–H and O–H groups in total. The Hall–Kier alpha value is -1.98. The van der Waals surface area contributed by atoms with E-state index >= 15 is 0 Å². The monoisotopic (exact) mass is 478 g/mol. The summed E-state index contributed by atoms with van der Waals surface area (Å²) >= 11 is 0. The largest absolute Gasteiger partial charge is 0.489 e. The predicted molar refractivity (Wildman–Crippen MR) is 116 cm³/mol. The molecule has 0 aliphatic heterocycles. The molecule has 0 heterocycles. The van der Waals surface area contributed by atoms with Crippen LogP contribution >= 0.6 is 12.4 Å². The van der Waals surface area contributed by atoms with Gasteiger partial charge in [-0.3, -0.25) is 0 Å². The van der Waals surface area contributed by atoms with Gasteiger partial charge in [-0.1, -0.05) is 12.1 Å². The molecule has 166 valence electrons. The Bertz CT molecular complexity index is 1070. The van der Waals surface area contributed by atoms with E-state index in [1.807, 2.05) is 0 Å². The second-order valence-electron chi connectivity index (χ2n) is 6.34. The lowest BCUT2D eigenvalue weighted by Crippen LogP contribution is -2.22. The number of sulfone groups is 1. The molecule has 0 aliphatic carbocycles. The molecule has 0 spiro atoms. The average Bonchev–Trinajstić information content (AvgIpc) is 2.66. The van der Waals surface area contributed by atoms with Crippen molar-refractivity contribution >= 4 is 32.3 Å². The summed E-state index contributed by atoms with van der Waals surface area (Å²) in [6.07, 6.45) is 1.02. The SMILES string of the molecule is CN(C)S(=O)(=O)c1ccc(COc2ccc(S(=O)(=O)CC(F)=CCN)cc2)cc1.Cl. The highest BCUT2D eigenvalue weighted by Crippen LogP contribution is 2.20. The van der Waals surface area contributed by atoms with Crippen molar-refractivity contribution < 1.29 is 26.0 Å². The number of sulfonamides is 1. The van der Waals surface area contributed by atoms with Crippen molar-refractivity contribution in [3.05, 3.63) is 66.0 Å². The number of nitrogens with two attached hydrogens (primary N) is 1. The molecule has 0 fully saturated rings.